The molecule has 9 nitrogen and oxygen atoms in total. The summed E-state index contributed by atoms with van der Waals surface area (Å²) in [5.74, 6) is 0.703. The molecule has 1 aliphatic heterocycles. The summed E-state index contributed by atoms with van der Waals surface area (Å²) >= 11 is 0. The normalized spacial score (nSPS) is 14.2. The molecular formula is C21H20N6O3. The molecule has 0 aromatic carbocycles. The summed E-state index contributed by atoms with van der Waals surface area (Å²) in [6, 6.07) is 9.38. The number of fused-ring (bicyclic) bond motifs is 1. The zero-order valence-corrected chi connectivity index (χ0v) is 16.4. The summed E-state index contributed by atoms with van der Waals surface area (Å²) in [6.45, 7) is 2.57. The number of hydrogen-bond donors (Lipinski definition) is 0. The smallest absolute Gasteiger partial charge is 0.356 e. The van der Waals surface area contributed by atoms with Crippen LogP contribution in [0.1, 0.15) is 10.5 Å². The number of methoxy groups -OCH3 is 1. The summed E-state index contributed by atoms with van der Waals surface area (Å²) in [4.78, 5) is 28.7. The van der Waals surface area contributed by atoms with E-state index < -0.39 is 5.97 Å². The van der Waals surface area contributed by atoms with Crippen molar-refractivity contribution in [3.8, 4) is 11.6 Å². The number of anilines is 1. The minimum atomic E-state index is -0.507. The van der Waals surface area contributed by atoms with Crippen molar-refractivity contribution in [1.29, 1.82) is 0 Å². The maximum atomic E-state index is 12.3. The SMILES string of the molecule is COC(=O)c1cc(-n2cccc2)c2nc(-n3cccc3)nc(N3CCOCC3)c2n1. The molecule has 0 aliphatic carbocycles. The van der Waals surface area contributed by atoms with Crippen molar-refractivity contribution in [2.45, 2.75) is 0 Å². The second kappa shape index (κ2) is 7.60. The average molecular weight is 404 g/mol. The summed E-state index contributed by atoms with van der Waals surface area (Å²) < 4.78 is 14.2. The van der Waals surface area contributed by atoms with E-state index in [0.29, 0.717) is 49.1 Å². The van der Waals surface area contributed by atoms with Crippen LogP contribution in [0.25, 0.3) is 22.7 Å². The fraction of sp³-hybridized carbons (Fsp3) is 0.238. The van der Waals surface area contributed by atoms with Gasteiger partial charge in [-0.25, -0.2) is 14.8 Å². The zero-order chi connectivity index (χ0) is 20.5. The maximum Gasteiger partial charge on any atom is 0.356 e. The van der Waals surface area contributed by atoms with E-state index >= 15 is 0 Å². The first-order valence-corrected chi connectivity index (χ1v) is 9.65. The monoisotopic (exact) mass is 404 g/mol. The van der Waals surface area contributed by atoms with E-state index in [4.69, 9.17) is 19.4 Å². The molecule has 0 atom stereocenters. The first-order chi connectivity index (χ1) is 14.7. The van der Waals surface area contributed by atoms with Gasteiger partial charge in [0, 0.05) is 37.9 Å². The van der Waals surface area contributed by atoms with Crippen LogP contribution in [0, 0.1) is 0 Å². The van der Waals surface area contributed by atoms with E-state index in [1.165, 1.54) is 7.11 Å². The highest BCUT2D eigenvalue weighted by Gasteiger charge is 2.23. The highest BCUT2D eigenvalue weighted by Crippen LogP contribution is 2.29. The summed E-state index contributed by atoms with van der Waals surface area (Å²) in [6.07, 6.45) is 7.61. The molecule has 0 N–H and O–H groups in total. The first kappa shape index (κ1) is 18.3. The predicted molar refractivity (Wildman–Crippen MR) is 110 cm³/mol. The van der Waals surface area contributed by atoms with Crippen LogP contribution in [0.2, 0.25) is 0 Å². The number of nitrogens with zero attached hydrogens (tertiary/aromatic N) is 6. The van der Waals surface area contributed by atoms with Crippen LogP contribution >= 0.6 is 0 Å². The molecule has 1 saturated heterocycles. The quantitative estimate of drug-likeness (QED) is 0.482. The Balaban J connectivity index is 1.83. The van der Waals surface area contributed by atoms with Crippen LogP contribution in [0.5, 0.6) is 0 Å². The number of pyridine rings is 1. The van der Waals surface area contributed by atoms with Gasteiger partial charge in [0.25, 0.3) is 0 Å². The Bertz CT molecular complexity index is 1180. The number of ether oxygens (including phenoxy) is 2. The summed E-state index contributed by atoms with van der Waals surface area (Å²) in [5, 5.41) is 0. The molecule has 0 unspecified atom stereocenters. The number of aromatic nitrogens is 5. The molecule has 4 aromatic rings. The molecule has 9 heteroatoms. The van der Waals surface area contributed by atoms with Gasteiger partial charge in [-0.3, -0.25) is 4.57 Å². The van der Waals surface area contributed by atoms with Crippen LogP contribution < -0.4 is 4.90 Å². The molecular weight excluding hydrogens is 384 g/mol. The summed E-state index contributed by atoms with van der Waals surface area (Å²) in [5.41, 5.74) is 2.15. The largest absolute Gasteiger partial charge is 0.464 e. The molecule has 5 rings (SSSR count). The van der Waals surface area contributed by atoms with Crippen molar-refractivity contribution in [3.63, 3.8) is 0 Å². The summed E-state index contributed by atoms with van der Waals surface area (Å²) in [7, 11) is 1.35. The number of carbonyl (C=O) groups excluding carboxylic acids is 1. The third kappa shape index (κ3) is 3.18. The lowest BCUT2D eigenvalue weighted by Gasteiger charge is -2.28. The van der Waals surface area contributed by atoms with E-state index in [2.05, 4.69) is 9.88 Å². The van der Waals surface area contributed by atoms with Gasteiger partial charge in [0.2, 0.25) is 5.95 Å². The van der Waals surface area contributed by atoms with Crippen molar-refractivity contribution in [1.82, 2.24) is 24.1 Å². The van der Waals surface area contributed by atoms with Crippen molar-refractivity contribution in [3.05, 3.63) is 60.8 Å². The number of hydrogen-bond acceptors (Lipinski definition) is 7. The Morgan fingerprint density at radius 1 is 0.933 bits per heavy atom. The van der Waals surface area contributed by atoms with E-state index in [1.807, 2.05) is 58.2 Å². The van der Waals surface area contributed by atoms with Gasteiger partial charge in [0.05, 0.1) is 26.0 Å². The van der Waals surface area contributed by atoms with Crippen molar-refractivity contribution in [2.24, 2.45) is 0 Å². The maximum absolute atomic E-state index is 12.3. The molecule has 0 amide bonds. The first-order valence-electron chi connectivity index (χ1n) is 9.65. The molecule has 152 valence electrons. The molecule has 0 saturated carbocycles. The van der Waals surface area contributed by atoms with Gasteiger partial charge in [-0.2, -0.15) is 4.98 Å². The van der Waals surface area contributed by atoms with Gasteiger partial charge in [-0.15, -0.1) is 0 Å². The van der Waals surface area contributed by atoms with Crippen LogP contribution in [-0.4, -0.2) is 63.5 Å². The van der Waals surface area contributed by atoms with Gasteiger partial charge in [0.15, 0.2) is 11.5 Å². The Kier molecular flexibility index (Phi) is 4.64. The van der Waals surface area contributed by atoms with E-state index in [1.54, 1.807) is 6.07 Å². The molecule has 30 heavy (non-hydrogen) atoms. The molecule has 0 radical (unpaired) electrons. The van der Waals surface area contributed by atoms with Gasteiger partial charge in [-0.1, -0.05) is 0 Å². The van der Waals surface area contributed by atoms with Gasteiger partial charge >= 0.3 is 5.97 Å². The molecule has 0 spiro atoms. The van der Waals surface area contributed by atoms with E-state index in [9.17, 15) is 4.79 Å². The zero-order valence-electron chi connectivity index (χ0n) is 16.4. The average Bonchev–Trinajstić information content (AvgIpc) is 3.52. The van der Waals surface area contributed by atoms with Crippen molar-refractivity contribution < 1.29 is 14.3 Å². The van der Waals surface area contributed by atoms with Gasteiger partial charge < -0.3 is 18.9 Å². The standard InChI is InChI=1S/C21H20N6O3/c1-29-20(28)15-14-16(25-6-2-3-7-25)17-18(22-15)19(26-10-12-30-13-11-26)24-21(23-17)27-8-4-5-9-27/h2-9,14H,10-13H2,1H3. The molecule has 0 bridgehead atoms. The molecule has 1 aliphatic rings. The minimum absolute atomic E-state index is 0.209. The van der Waals surface area contributed by atoms with Gasteiger partial charge in [0.1, 0.15) is 11.0 Å². The van der Waals surface area contributed by atoms with Crippen molar-refractivity contribution in [2.75, 3.05) is 38.3 Å². The van der Waals surface area contributed by atoms with Crippen LogP contribution in [-0.2, 0) is 9.47 Å². The Morgan fingerprint density at radius 2 is 1.60 bits per heavy atom. The molecule has 1 fully saturated rings. The fourth-order valence-corrected chi connectivity index (χ4v) is 3.54. The van der Waals surface area contributed by atoms with Crippen LogP contribution in [0.3, 0.4) is 0 Å². The Morgan fingerprint density at radius 3 is 2.27 bits per heavy atom. The third-order valence-electron chi connectivity index (χ3n) is 5.03. The number of morpholine rings is 1. The van der Waals surface area contributed by atoms with Crippen LogP contribution in [0.4, 0.5) is 5.82 Å². The minimum Gasteiger partial charge on any atom is -0.464 e. The lowest BCUT2D eigenvalue weighted by Crippen LogP contribution is -2.37. The fourth-order valence-electron chi connectivity index (χ4n) is 3.54. The highest BCUT2D eigenvalue weighted by molar-refractivity contribution is 5.97. The van der Waals surface area contributed by atoms with E-state index in [0.717, 1.165) is 5.69 Å². The van der Waals surface area contributed by atoms with Crippen LogP contribution in [0.15, 0.2) is 55.1 Å². The lowest BCUT2D eigenvalue weighted by atomic mass is 10.2. The molecule has 5 heterocycles. The second-order valence-electron chi connectivity index (χ2n) is 6.84. The topological polar surface area (TPSA) is 87.3 Å². The lowest BCUT2D eigenvalue weighted by molar-refractivity contribution is 0.0594. The highest BCUT2D eigenvalue weighted by atomic mass is 16.5. The van der Waals surface area contributed by atoms with E-state index in [-0.39, 0.29) is 5.69 Å². The van der Waals surface area contributed by atoms with Gasteiger partial charge in [-0.05, 0) is 30.3 Å². The predicted octanol–water partition coefficient (Wildman–Crippen LogP) is 2.23. The Labute approximate surface area is 172 Å². The third-order valence-corrected chi connectivity index (χ3v) is 5.03. The number of carbonyl (C=O) groups is 1. The molecule has 4 aromatic heterocycles. The van der Waals surface area contributed by atoms with Crippen molar-refractivity contribution >= 4 is 22.8 Å². The number of rotatable bonds is 4. The Hall–Kier alpha value is -3.72. The number of esters is 1. The second-order valence-corrected chi connectivity index (χ2v) is 6.84.